The van der Waals surface area contributed by atoms with Crippen LogP contribution in [0, 0.1) is 0 Å². The third kappa shape index (κ3) is 4.24. The Balaban J connectivity index is 1.91. The van der Waals surface area contributed by atoms with Crippen molar-refractivity contribution in [1.29, 1.82) is 0 Å². The number of esters is 1. The number of hydrogen-bond donors (Lipinski definition) is 2. The lowest BCUT2D eigenvalue weighted by Crippen LogP contribution is -2.31. The van der Waals surface area contributed by atoms with E-state index in [2.05, 4.69) is 15.4 Å². The van der Waals surface area contributed by atoms with E-state index in [4.69, 9.17) is 0 Å². The highest BCUT2D eigenvalue weighted by Gasteiger charge is 2.12. The molecule has 0 aromatic rings. The van der Waals surface area contributed by atoms with Gasteiger partial charge < -0.3 is 15.4 Å². The molecule has 4 heteroatoms. The zero-order chi connectivity index (χ0) is 9.52. The first-order valence-electron chi connectivity index (χ1n) is 4.84. The Morgan fingerprint density at radius 3 is 3.15 bits per heavy atom. The van der Waals surface area contributed by atoms with E-state index >= 15 is 0 Å². The molecular formula is C9H18N2O2. The molecule has 1 aliphatic heterocycles. The average Bonchev–Trinajstić information content (AvgIpc) is 2.64. The summed E-state index contributed by atoms with van der Waals surface area (Å²) in [6, 6.07) is 0.595. The van der Waals surface area contributed by atoms with Crippen LogP contribution in [0.1, 0.15) is 19.3 Å². The summed E-state index contributed by atoms with van der Waals surface area (Å²) in [6.45, 7) is 3.06. The van der Waals surface area contributed by atoms with Gasteiger partial charge in [-0.1, -0.05) is 0 Å². The van der Waals surface area contributed by atoms with Crippen molar-refractivity contribution in [3.63, 3.8) is 0 Å². The van der Waals surface area contributed by atoms with Gasteiger partial charge in [-0.05, 0) is 25.9 Å². The van der Waals surface area contributed by atoms with Crippen LogP contribution in [0.2, 0.25) is 0 Å². The Labute approximate surface area is 79.0 Å². The van der Waals surface area contributed by atoms with Crippen molar-refractivity contribution in [1.82, 2.24) is 10.6 Å². The summed E-state index contributed by atoms with van der Waals surface area (Å²) >= 11 is 0. The summed E-state index contributed by atoms with van der Waals surface area (Å²) < 4.78 is 4.54. The Morgan fingerprint density at radius 1 is 1.69 bits per heavy atom. The molecule has 76 valence electrons. The van der Waals surface area contributed by atoms with Crippen molar-refractivity contribution in [2.45, 2.75) is 25.3 Å². The first-order chi connectivity index (χ1) is 6.33. The van der Waals surface area contributed by atoms with Gasteiger partial charge in [0.25, 0.3) is 0 Å². The van der Waals surface area contributed by atoms with E-state index in [0.29, 0.717) is 12.5 Å². The van der Waals surface area contributed by atoms with Crippen molar-refractivity contribution in [3.8, 4) is 0 Å². The van der Waals surface area contributed by atoms with Crippen LogP contribution in [0.4, 0.5) is 0 Å². The molecule has 1 unspecified atom stereocenters. The largest absolute Gasteiger partial charge is 0.469 e. The maximum atomic E-state index is 10.7. The number of nitrogens with one attached hydrogen (secondary N) is 2. The smallest absolute Gasteiger partial charge is 0.305 e. The lowest BCUT2D eigenvalue weighted by Gasteiger charge is -2.09. The van der Waals surface area contributed by atoms with Crippen molar-refractivity contribution < 1.29 is 9.53 Å². The zero-order valence-electron chi connectivity index (χ0n) is 8.14. The second-order valence-corrected chi connectivity index (χ2v) is 3.32. The fourth-order valence-corrected chi connectivity index (χ4v) is 1.47. The van der Waals surface area contributed by atoms with Crippen LogP contribution < -0.4 is 10.6 Å². The molecule has 0 spiro atoms. The predicted molar refractivity (Wildman–Crippen MR) is 50.5 cm³/mol. The van der Waals surface area contributed by atoms with Gasteiger partial charge in [0.15, 0.2) is 0 Å². The number of carbonyl (C=O) groups is 1. The van der Waals surface area contributed by atoms with E-state index in [1.165, 1.54) is 13.5 Å². The molecule has 1 atom stereocenters. The minimum atomic E-state index is -0.119. The molecule has 0 saturated carbocycles. The molecule has 0 radical (unpaired) electrons. The summed E-state index contributed by atoms with van der Waals surface area (Å²) in [4.78, 5) is 10.7. The van der Waals surface area contributed by atoms with E-state index in [9.17, 15) is 4.79 Å². The molecular weight excluding hydrogens is 168 g/mol. The fraction of sp³-hybridized carbons (Fsp3) is 0.889. The van der Waals surface area contributed by atoms with Gasteiger partial charge >= 0.3 is 5.97 Å². The number of methoxy groups -OCH3 is 1. The van der Waals surface area contributed by atoms with Crippen LogP contribution in [0.5, 0.6) is 0 Å². The van der Waals surface area contributed by atoms with Crippen molar-refractivity contribution in [2.75, 3.05) is 26.7 Å². The molecule has 0 aliphatic carbocycles. The lowest BCUT2D eigenvalue weighted by atomic mass is 10.2. The van der Waals surface area contributed by atoms with Gasteiger partial charge in [0.2, 0.25) is 0 Å². The zero-order valence-corrected chi connectivity index (χ0v) is 8.14. The molecule has 1 rings (SSSR count). The summed E-state index contributed by atoms with van der Waals surface area (Å²) in [7, 11) is 1.43. The lowest BCUT2D eigenvalue weighted by molar-refractivity contribution is -0.140. The first kappa shape index (κ1) is 10.5. The quantitative estimate of drug-likeness (QED) is 0.465. The van der Waals surface area contributed by atoms with Crippen LogP contribution in [0.15, 0.2) is 0 Å². The van der Waals surface area contributed by atoms with Crippen LogP contribution in [-0.2, 0) is 9.53 Å². The third-order valence-corrected chi connectivity index (χ3v) is 2.28. The molecule has 0 aromatic carbocycles. The van der Waals surface area contributed by atoms with Gasteiger partial charge in [-0.2, -0.15) is 0 Å². The van der Waals surface area contributed by atoms with E-state index in [1.807, 2.05) is 0 Å². The number of hydrogen-bond acceptors (Lipinski definition) is 4. The number of carbonyl (C=O) groups excluding carboxylic acids is 1. The van der Waals surface area contributed by atoms with Gasteiger partial charge in [-0.15, -0.1) is 0 Å². The maximum absolute atomic E-state index is 10.7. The fourth-order valence-electron chi connectivity index (χ4n) is 1.47. The van der Waals surface area contributed by atoms with Crippen molar-refractivity contribution in [3.05, 3.63) is 0 Å². The first-order valence-corrected chi connectivity index (χ1v) is 4.84. The molecule has 1 heterocycles. The second-order valence-electron chi connectivity index (χ2n) is 3.32. The standard InChI is InChI=1S/C9H18N2O2/c1-13-9(12)3-2-5-11-8-4-6-10-7-8/h8,10-11H,2-7H2,1H3. The minimum Gasteiger partial charge on any atom is -0.469 e. The van der Waals surface area contributed by atoms with Crippen molar-refractivity contribution >= 4 is 5.97 Å². The highest BCUT2D eigenvalue weighted by atomic mass is 16.5. The Bertz CT molecular complexity index is 156. The molecule has 13 heavy (non-hydrogen) atoms. The number of rotatable bonds is 5. The van der Waals surface area contributed by atoms with Gasteiger partial charge in [0.05, 0.1) is 7.11 Å². The van der Waals surface area contributed by atoms with Gasteiger partial charge in [0.1, 0.15) is 0 Å². The minimum absolute atomic E-state index is 0.119. The summed E-state index contributed by atoms with van der Waals surface area (Å²) in [5.41, 5.74) is 0. The molecule has 1 aliphatic rings. The SMILES string of the molecule is COC(=O)CCCNC1CCNC1. The van der Waals surface area contributed by atoms with E-state index in [-0.39, 0.29) is 5.97 Å². The molecule has 4 nitrogen and oxygen atoms in total. The number of ether oxygens (including phenoxy) is 1. The third-order valence-electron chi connectivity index (χ3n) is 2.28. The highest BCUT2D eigenvalue weighted by Crippen LogP contribution is 1.97. The van der Waals surface area contributed by atoms with E-state index < -0.39 is 0 Å². The molecule has 0 amide bonds. The Morgan fingerprint density at radius 2 is 2.54 bits per heavy atom. The molecule has 1 fully saturated rings. The van der Waals surface area contributed by atoms with Crippen LogP contribution in [0.25, 0.3) is 0 Å². The molecule has 1 saturated heterocycles. The average molecular weight is 186 g/mol. The molecule has 0 bridgehead atoms. The molecule has 2 N–H and O–H groups in total. The second kappa shape index (κ2) is 5.94. The highest BCUT2D eigenvalue weighted by molar-refractivity contribution is 5.69. The van der Waals surface area contributed by atoms with Crippen LogP contribution in [0.3, 0.4) is 0 Å². The van der Waals surface area contributed by atoms with Crippen LogP contribution >= 0.6 is 0 Å². The predicted octanol–water partition coefficient (Wildman–Crippen LogP) is -0.109. The van der Waals surface area contributed by atoms with Gasteiger partial charge in [-0.3, -0.25) is 4.79 Å². The summed E-state index contributed by atoms with van der Waals surface area (Å²) in [5.74, 6) is -0.119. The maximum Gasteiger partial charge on any atom is 0.305 e. The Kier molecular flexibility index (Phi) is 4.78. The van der Waals surface area contributed by atoms with E-state index in [0.717, 1.165) is 26.1 Å². The van der Waals surface area contributed by atoms with Gasteiger partial charge in [-0.25, -0.2) is 0 Å². The Hall–Kier alpha value is -0.610. The normalized spacial score (nSPS) is 21.8. The van der Waals surface area contributed by atoms with Crippen LogP contribution in [-0.4, -0.2) is 38.8 Å². The van der Waals surface area contributed by atoms with Crippen molar-refractivity contribution in [2.24, 2.45) is 0 Å². The van der Waals surface area contributed by atoms with Gasteiger partial charge in [0, 0.05) is 19.0 Å². The molecule has 0 aromatic heterocycles. The summed E-state index contributed by atoms with van der Waals surface area (Å²) in [6.07, 6.45) is 2.57. The summed E-state index contributed by atoms with van der Waals surface area (Å²) in [5, 5.41) is 6.67. The van der Waals surface area contributed by atoms with E-state index in [1.54, 1.807) is 0 Å². The topological polar surface area (TPSA) is 50.4 Å². The monoisotopic (exact) mass is 186 g/mol.